The molecule has 0 bridgehead atoms. The lowest BCUT2D eigenvalue weighted by molar-refractivity contribution is -0.125. The summed E-state index contributed by atoms with van der Waals surface area (Å²) >= 11 is 1.61. The number of anilines is 2. The minimum absolute atomic E-state index is 0.127. The van der Waals surface area contributed by atoms with Crippen molar-refractivity contribution in [3.63, 3.8) is 0 Å². The van der Waals surface area contributed by atoms with E-state index in [1.54, 1.807) is 30.5 Å². The lowest BCUT2D eigenvalue weighted by Crippen LogP contribution is -2.38. The number of aryl methyl sites for hydroxylation is 1. The molecule has 1 atom stereocenters. The number of carbonyl (C=O) groups excluding carboxylic acids is 2. The fraction of sp³-hybridized carbons (Fsp3) is 0.143. The van der Waals surface area contributed by atoms with Gasteiger partial charge in [0.25, 0.3) is 5.91 Å². The molecule has 28 heavy (non-hydrogen) atoms. The van der Waals surface area contributed by atoms with E-state index in [0.717, 1.165) is 21.2 Å². The van der Waals surface area contributed by atoms with Crippen LogP contribution in [0.5, 0.6) is 0 Å². The van der Waals surface area contributed by atoms with Crippen LogP contribution >= 0.6 is 11.8 Å². The normalized spacial score (nSPS) is 13.3. The fourth-order valence-corrected chi connectivity index (χ4v) is 4.02. The van der Waals surface area contributed by atoms with Gasteiger partial charge in [0.2, 0.25) is 0 Å². The Bertz CT molecular complexity index is 1020. The van der Waals surface area contributed by atoms with Gasteiger partial charge in [-0.1, -0.05) is 36.0 Å². The van der Waals surface area contributed by atoms with Crippen molar-refractivity contribution in [2.75, 3.05) is 4.90 Å². The van der Waals surface area contributed by atoms with E-state index in [4.69, 9.17) is 4.74 Å². The molecular weight excluding hydrogens is 374 g/mol. The second kappa shape index (κ2) is 7.44. The Hall–Kier alpha value is -3.19. The Morgan fingerprint density at radius 1 is 1.00 bits per heavy atom. The van der Waals surface area contributed by atoms with Crippen molar-refractivity contribution in [1.82, 2.24) is 9.97 Å². The largest absolute Gasteiger partial charge is 0.448 e. The molecule has 4 rings (SSSR count). The van der Waals surface area contributed by atoms with E-state index in [1.807, 2.05) is 48.5 Å². The first-order chi connectivity index (χ1) is 13.5. The van der Waals surface area contributed by atoms with Gasteiger partial charge in [-0.2, -0.15) is 0 Å². The summed E-state index contributed by atoms with van der Waals surface area (Å²) in [6.07, 6.45) is 0.506. The van der Waals surface area contributed by atoms with Crippen molar-refractivity contribution in [2.24, 2.45) is 0 Å². The number of hydrogen-bond donors (Lipinski definition) is 0. The lowest BCUT2D eigenvalue weighted by Gasteiger charge is -2.32. The summed E-state index contributed by atoms with van der Waals surface area (Å²) in [6.45, 7) is 3.26. The second-order valence-electron chi connectivity index (χ2n) is 6.25. The molecule has 1 aliphatic heterocycles. The third-order valence-electron chi connectivity index (χ3n) is 4.27. The molecule has 0 aliphatic carbocycles. The quantitative estimate of drug-likeness (QED) is 0.624. The highest BCUT2D eigenvalue weighted by Crippen LogP contribution is 2.48. The van der Waals surface area contributed by atoms with Gasteiger partial charge in [0.15, 0.2) is 11.8 Å². The molecule has 0 saturated heterocycles. The Morgan fingerprint density at radius 3 is 2.21 bits per heavy atom. The predicted molar refractivity (Wildman–Crippen MR) is 106 cm³/mol. The van der Waals surface area contributed by atoms with Crippen molar-refractivity contribution in [2.45, 2.75) is 29.7 Å². The summed E-state index contributed by atoms with van der Waals surface area (Å²) in [5.74, 6) is -0.511. The Balaban J connectivity index is 1.63. The molecule has 0 fully saturated rings. The molecule has 1 aliphatic rings. The number of para-hydroxylation sites is 2. The number of fused-ring (bicyclic) bond motifs is 2. The van der Waals surface area contributed by atoms with Crippen LogP contribution < -0.4 is 4.90 Å². The number of hydrogen-bond acceptors (Lipinski definition) is 6. The molecule has 7 heteroatoms. The number of carbonyl (C=O) groups is 2. The third kappa shape index (κ3) is 3.36. The van der Waals surface area contributed by atoms with Gasteiger partial charge >= 0.3 is 5.97 Å². The SMILES string of the molecule is Cc1nccc(C(=O)O[C@H](C)C(=O)N2c3ccccc3Sc3ccccc32)n1. The minimum Gasteiger partial charge on any atom is -0.448 e. The molecule has 0 N–H and O–H groups in total. The third-order valence-corrected chi connectivity index (χ3v) is 5.40. The predicted octanol–water partition coefficient (Wildman–Crippen LogP) is 4.16. The molecule has 0 radical (unpaired) electrons. The summed E-state index contributed by atoms with van der Waals surface area (Å²) in [4.78, 5) is 37.2. The van der Waals surface area contributed by atoms with Crippen molar-refractivity contribution in [1.29, 1.82) is 0 Å². The highest BCUT2D eigenvalue weighted by Gasteiger charge is 2.32. The zero-order valence-corrected chi connectivity index (χ0v) is 16.1. The van der Waals surface area contributed by atoms with Crippen molar-refractivity contribution in [3.8, 4) is 0 Å². The Labute approximate surface area is 166 Å². The number of benzene rings is 2. The first kappa shape index (κ1) is 18.2. The molecule has 140 valence electrons. The number of rotatable bonds is 3. The van der Waals surface area contributed by atoms with Crippen molar-refractivity contribution < 1.29 is 14.3 Å². The van der Waals surface area contributed by atoms with Gasteiger partial charge in [0.1, 0.15) is 5.82 Å². The van der Waals surface area contributed by atoms with E-state index in [9.17, 15) is 9.59 Å². The zero-order valence-electron chi connectivity index (χ0n) is 15.3. The number of amides is 1. The molecule has 2 aromatic carbocycles. The standard InChI is InChI=1S/C21H17N3O3S/c1-13(27-21(26)15-11-12-22-14(2)23-15)20(25)24-16-7-3-5-9-18(16)28-19-10-6-4-8-17(19)24/h3-13H,1-2H3/t13-/m1/s1. The molecule has 0 saturated carbocycles. The molecule has 3 aromatic rings. The first-order valence-corrected chi connectivity index (χ1v) is 9.57. The molecular formula is C21H17N3O3S. The average Bonchev–Trinajstić information content (AvgIpc) is 2.71. The monoisotopic (exact) mass is 391 g/mol. The number of aromatic nitrogens is 2. The molecule has 1 amide bonds. The highest BCUT2D eigenvalue weighted by molar-refractivity contribution is 7.99. The van der Waals surface area contributed by atoms with Crippen LogP contribution in [0.2, 0.25) is 0 Å². The summed E-state index contributed by atoms with van der Waals surface area (Å²) in [5.41, 5.74) is 1.68. The van der Waals surface area contributed by atoms with Gasteiger partial charge in [0.05, 0.1) is 11.4 Å². The molecule has 6 nitrogen and oxygen atoms in total. The van der Waals surface area contributed by atoms with Gasteiger partial charge in [-0.15, -0.1) is 0 Å². The highest BCUT2D eigenvalue weighted by atomic mass is 32.2. The van der Waals surface area contributed by atoms with Crippen LogP contribution in [-0.4, -0.2) is 27.9 Å². The fourth-order valence-electron chi connectivity index (χ4n) is 2.97. The molecule has 0 spiro atoms. The average molecular weight is 391 g/mol. The number of nitrogens with zero attached hydrogens (tertiary/aromatic N) is 3. The summed E-state index contributed by atoms with van der Waals surface area (Å²) in [7, 11) is 0. The summed E-state index contributed by atoms with van der Waals surface area (Å²) < 4.78 is 5.41. The van der Waals surface area contributed by atoms with Gasteiger partial charge in [-0.25, -0.2) is 14.8 Å². The van der Waals surface area contributed by atoms with Crippen LogP contribution in [-0.2, 0) is 9.53 Å². The summed E-state index contributed by atoms with van der Waals surface area (Å²) in [5, 5.41) is 0. The van der Waals surface area contributed by atoms with E-state index in [0.29, 0.717) is 5.82 Å². The Morgan fingerprint density at radius 2 is 1.61 bits per heavy atom. The van der Waals surface area contributed by atoms with Crippen LogP contribution in [0.25, 0.3) is 0 Å². The van der Waals surface area contributed by atoms with E-state index in [-0.39, 0.29) is 11.6 Å². The minimum atomic E-state index is -0.980. The van der Waals surface area contributed by atoms with Crippen LogP contribution in [0.15, 0.2) is 70.6 Å². The number of esters is 1. The van der Waals surface area contributed by atoms with E-state index >= 15 is 0 Å². The second-order valence-corrected chi connectivity index (χ2v) is 7.33. The topological polar surface area (TPSA) is 72.4 Å². The van der Waals surface area contributed by atoms with Crippen LogP contribution in [0.4, 0.5) is 11.4 Å². The first-order valence-electron chi connectivity index (χ1n) is 8.75. The summed E-state index contributed by atoms with van der Waals surface area (Å²) in [6, 6.07) is 16.8. The molecule has 1 aromatic heterocycles. The van der Waals surface area contributed by atoms with E-state index in [2.05, 4.69) is 9.97 Å². The zero-order chi connectivity index (χ0) is 19.7. The maximum Gasteiger partial charge on any atom is 0.357 e. The van der Waals surface area contributed by atoms with Gasteiger partial charge in [-0.05, 0) is 44.2 Å². The van der Waals surface area contributed by atoms with Gasteiger partial charge < -0.3 is 4.74 Å². The maximum atomic E-state index is 13.3. The van der Waals surface area contributed by atoms with Crippen LogP contribution in [0.1, 0.15) is 23.2 Å². The maximum absolute atomic E-state index is 13.3. The van der Waals surface area contributed by atoms with Gasteiger partial charge in [0, 0.05) is 16.0 Å². The van der Waals surface area contributed by atoms with Crippen molar-refractivity contribution >= 4 is 35.0 Å². The lowest BCUT2D eigenvalue weighted by atomic mass is 10.2. The smallest absolute Gasteiger partial charge is 0.357 e. The Kier molecular flexibility index (Phi) is 4.83. The van der Waals surface area contributed by atoms with E-state index < -0.39 is 12.1 Å². The number of ether oxygens (including phenoxy) is 1. The van der Waals surface area contributed by atoms with E-state index in [1.165, 1.54) is 12.3 Å². The molecule has 0 unspecified atom stereocenters. The van der Waals surface area contributed by atoms with Crippen molar-refractivity contribution in [3.05, 3.63) is 72.3 Å². The van der Waals surface area contributed by atoms with Crippen LogP contribution in [0.3, 0.4) is 0 Å². The molecule has 2 heterocycles. The van der Waals surface area contributed by atoms with Crippen LogP contribution in [0, 0.1) is 6.92 Å². The van der Waals surface area contributed by atoms with Gasteiger partial charge in [-0.3, -0.25) is 9.69 Å².